The van der Waals surface area contributed by atoms with Gasteiger partial charge in [-0.15, -0.1) is 0 Å². The van der Waals surface area contributed by atoms with E-state index in [9.17, 15) is 9.90 Å². The van der Waals surface area contributed by atoms with Gasteiger partial charge < -0.3 is 14.3 Å². The normalized spacial score (nSPS) is 11.7. The number of aromatic nitrogens is 5. The Bertz CT molecular complexity index is 1470. The van der Waals surface area contributed by atoms with Crippen molar-refractivity contribution in [1.29, 1.82) is 0 Å². The van der Waals surface area contributed by atoms with Crippen LogP contribution in [0.1, 0.15) is 42.6 Å². The molecule has 0 aliphatic heterocycles. The molecule has 0 amide bonds. The highest BCUT2D eigenvalue weighted by Crippen LogP contribution is 2.30. The van der Waals surface area contributed by atoms with E-state index in [0.717, 1.165) is 5.56 Å². The molecule has 35 heavy (non-hydrogen) atoms. The molecular formula is C24H23Cl2N5O4. The molecule has 4 rings (SSSR count). The summed E-state index contributed by atoms with van der Waals surface area (Å²) in [5.74, 6) is 1.08. The first-order valence-corrected chi connectivity index (χ1v) is 11.4. The lowest BCUT2D eigenvalue weighted by Gasteiger charge is -2.18. The molecule has 0 aliphatic rings. The highest BCUT2D eigenvalue weighted by molar-refractivity contribution is 6.33. The Hall–Kier alpha value is -3.27. The molecule has 0 spiro atoms. The zero-order chi connectivity index (χ0) is 25.5. The van der Waals surface area contributed by atoms with Gasteiger partial charge in [-0.25, -0.2) is 15.0 Å². The molecule has 0 bridgehead atoms. The van der Waals surface area contributed by atoms with Crippen LogP contribution in [0.15, 0.2) is 39.9 Å². The van der Waals surface area contributed by atoms with Gasteiger partial charge in [0, 0.05) is 18.7 Å². The molecule has 1 aromatic carbocycles. The molecular weight excluding hydrogens is 493 g/mol. The Morgan fingerprint density at radius 3 is 2.54 bits per heavy atom. The smallest absolute Gasteiger partial charge is 0.280 e. The van der Waals surface area contributed by atoms with Crippen molar-refractivity contribution in [2.75, 3.05) is 0 Å². The molecule has 3 aromatic heterocycles. The fourth-order valence-electron chi connectivity index (χ4n) is 3.44. The lowest BCUT2D eigenvalue weighted by Crippen LogP contribution is -2.24. The van der Waals surface area contributed by atoms with Crippen molar-refractivity contribution in [3.05, 3.63) is 79.9 Å². The largest absolute Gasteiger partial charge is 0.470 e. The number of oxazole rings is 1. The van der Waals surface area contributed by atoms with Gasteiger partial charge in [-0.2, -0.15) is 4.98 Å². The SMILES string of the molecule is Cc1nc(COc2nc(C)n(-c3cc(-c4nc(C(C)(C)O)ncc4C)ccc3Cl)c(=O)c2Cl)co1. The Morgan fingerprint density at radius 1 is 1.14 bits per heavy atom. The fourth-order valence-corrected chi connectivity index (χ4v) is 3.82. The molecule has 11 heteroatoms. The van der Waals surface area contributed by atoms with E-state index in [0.29, 0.717) is 39.4 Å². The van der Waals surface area contributed by atoms with E-state index < -0.39 is 11.2 Å². The highest BCUT2D eigenvalue weighted by atomic mass is 35.5. The topological polar surface area (TPSA) is 116 Å². The molecule has 0 radical (unpaired) electrons. The average Bonchev–Trinajstić information content (AvgIpc) is 3.21. The standard InChI is InChI=1S/C24H23Cl2N5O4/c1-12-9-27-23(24(4,5)33)30-20(12)15-6-7-17(25)18(8-15)31-13(2)28-21(19(26)22(31)32)35-11-16-10-34-14(3)29-16/h6-10,33H,11H2,1-5H3. The monoisotopic (exact) mass is 515 g/mol. The molecule has 0 aliphatic carbocycles. The van der Waals surface area contributed by atoms with Gasteiger partial charge in [-0.05, 0) is 45.4 Å². The van der Waals surface area contributed by atoms with Crippen molar-refractivity contribution in [1.82, 2.24) is 24.5 Å². The zero-order valence-electron chi connectivity index (χ0n) is 19.8. The van der Waals surface area contributed by atoms with Crippen molar-refractivity contribution in [2.45, 2.75) is 46.8 Å². The van der Waals surface area contributed by atoms with Crippen LogP contribution in [0.3, 0.4) is 0 Å². The van der Waals surface area contributed by atoms with Crippen LogP contribution < -0.4 is 10.3 Å². The van der Waals surface area contributed by atoms with E-state index in [4.69, 9.17) is 32.4 Å². The van der Waals surface area contributed by atoms with Crippen LogP contribution in [0.4, 0.5) is 0 Å². The molecule has 0 unspecified atom stereocenters. The molecule has 4 aromatic rings. The van der Waals surface area contributed by atoms with Crippen molar-refractivity contribution in [2.24, 2.45) is 0 Å². The molecule has 0 saturated heterocycles. The summed E-state index contributed by atoms with van der Waals surface area (Å²) in [5, 5.41) is 10.5. The first kappa shape index (κ1) is 24.8. The Kier molecular flexibility index (Phi) is 6.68. The third kappa shape index (κ3) is 5.07. The quantitative estimate of drug-likeness (QED) is 0.392. The summed E-state index contributed by atoms with van der Waals surface area (Å²) >= 11 is 12.8. The number of aryl methyl sites for hydroxylation is 3. The van der Waals surface area contributed by atoms with Crippen molar-refractivity contribution in [3.63, 3.8) is 0 Å². The van der Waals surface area contributed by atoms with Gasteiger partial charge in [0.25, 0.3) is 5.56 Å². The van der Waals surface area contributed by atoms with E-state index in [2.05, 4.69) is 19.9 Å². The summed E-state index contributed by atoms with van der Waals surface area (Å²) in [6.45, 7) is 8.48. The number of hydrogen-bond donors (Lipinski definition) is 1. The number of hydrogen-bond acceptors (Lipinski definition) is 8. The van der Waals surface area contributed by atoms with Crippen LogP contribution >= 0.6 is 23.2 Å². The Balaban J connectivity index is 1.76. The molecule has 1 N–H and O–H groups in total. The number of nitrogens with zero attached hydrogens (tertiary/aromatic N) is 5. The maximum absolute atomic E-state index is 13.2. The third-order valence-electron chi connectivity index (χ3n) is 5.17. The van der Waals surface area contributed by atoms with Gasteiger partial charge in [0.1, 0.15) is 30.0 Å². The molecule has 9 nitrogen and oxygen atoms in total. The lowest BCUT2D eigenvalue weighted by atomic mass is 10.0. The van der Waals surface area contributed by atoms with Gasteiger partial charge in [-0.3, -0.25) is 9.36 Å². The fraction of sp³-hybridized carbons (Fsp3) is 0.292. The predicted octanol–water partition coefficient (Wildman–Crippen LogP) is 4.72. The molecule has 182 valence electrons. The van der Waals surface area contributed by atoms with E-state index in [-0.39, 0.29) is 23.3 Å². The summed E-state index contributed by atoms with van der Waals surface area (Å²) in [4.78, 5) is 30.5. The molecule has 0 saturated carbocycles. The summed E-state index contributed by atoms with van der Waals surface area (Å²) in [6.07, 6.45) is 3.10. The predicted molar refractivity (Wildman–Crippen MR) is 131 cm³/mol. The number of benzene rings is 1. The van der Waals surface area contributed by atoms with Gasteiger partial charge in [0.2, 0.25) is 5.88 Å². The first-order chi connectivity index (χ1) is 16.5. The van der Waals surface area contributed by atoms with Crippen LogP contribution in [0.25, 0.3) is 16.9 Å². The Morgan fingerprint density at radius 2 is 1.89 bits per heavy atom. The van der Waals surface area contributed by atoms with Crippen molar-refractivity contribution < 1.29 is 14.3 Å². The summed E-state index contributed by atoms with van der Waals surface area (Å²) in [6, 6.07) is 5.16. The van der Waals surface area contributed by atoms with Crippen LogP contribution in [0.2, 0.25) is 10.0 Å². The van der Waals surface area contributed by atoms with E-state index in [1.54, 1.807) is 52.1 Å². The summed E-state index contributed by atoms with van der Waals surface area (Å²) in [5.41, 5.74) is 1.23. The zero-order valence-corrected chi connectivity index (χ0v) is 21.3. The van der Waals surface area contributed by atoms with Crippen LogP contribution in [-0.2, 0) is 12.2 Å². The minimum absolute atomic E-state index is 0.0141. The van der Waals surface area contributed by atoms with Crippen LogP contribution in [0.5, 0.6) is 5.88 Å². The van der Waals surface area contributed by atoms with Crippen LogP contribution in [-0.4, -0.2) is 29.6 Å². The van der Waals surface area contributed by atoms with E-state index >= 15 is 0 Å². The average molecular weight is 516 g/mol. The van der Waals surface area contributed by atoms with Crippen molar-refractivity contribution in [3.8, 4) is 22.8 Å². The summed E-state index contributed by atoms with van der Waals surface area (Å²) < 4.78 is 12.1. The highest BCUT2D eigenvalue weighted by Gasteiger charge is 2.22. The van der Waals surface area contributed by atoms with E-state index in [1.807, 2.05) is 6.92 Å². The van der Waals surface area contributed by atoms with Gasteiger partial charge in [0.05, 0.1) is 16.4 Å². The maximum atomic E-state index is 13.2. The number of ether oxygens (including phenoxy) is 1. The Labute approximate surface area is 211 Å². The van der Waals surface area contributed by atoms with E-state index in [1.165, 1.54) is 10.8 Å². The summed E-state index contributed by atoms with van der Waals surface area (Å²) in [7, 11) is 0. The second-order valence-electron chi connectivity index (χ2n) is 8.52. The molecule has 0 atom stereocenters. The minimum atomic E-state index is -1.22. The van der Waals surface area contributed by atoms with Crippen molar-refractivity contribution >= 4 is 23.2 Å². The number of halogens is 2. The van der Waals surface area contributed by atoms with Gasteiger partial charge in [0.15, 0.2) is 16.7 Å². The molecule has 0 fully saturated rings. The third-order valence-corrected chi connectivity index (χ3v) is 5.81. The second-order valence-corrected chi connectivity index (χ2v) is 9.30. The molecule has 3 heterocycles. The van der Waals surface area contributed by atoms with Crippen LogP contribution in [0, 0.1) is 20.8 Å². The number of rotatable bonds is 6. The first-order valence-electron chi connectivity index (χ1n) is 10.7. The van der Waals surface area contributed by atoms with Gasteiger partial charge >= 0.3 is 0 Å². The lowest BCUT2D eigenvalue weighted by molar-refractivity contribution is 0.0688. The number of aliphatic hydroxyl groups is 1. The second kappa shape index (κ2) is 9.41. The maximum Gasteiger partial charge on any atom is 0.280 e. The van der Waals surface area contributed by atoms with Gasteiger partial charge in [-0.1, -0.05) is 29.3 Å². The minimum Gasteiger partial charge on any atom is -0.470 e.